The van der Waals surface area contributed by atoms with Crippen LogP contribution in [0.4, 0.5) is 22.0 Å². The predicted octanol–water partition coefficient (Wildman–Crippen LogP) is 10.4. The van der Waals surface area contributed by atoms with Crippen LogP contribution in [0.15, 0.2) is 72.8 Å². The van der Waals surface area contributed by atoms with Crippen LogP contribution in [-0.4, -0.2) is 75.8 Å². The van der Waals surface area contributed by atoms with Gasteiger partial charge in [-0.2, -0.15) is 13.2 Å². The van der Waals surface area contributed by atoms with Gasteiger partial charge in [-0.15, -0.1) is 0 Å². The maximum atomic E-state index is 14.3. The molecule has 0 saturated heterocycles. The Morgan fingerprint density at radius 2 is 1.14 bits per heavy atom. The van der Waals surface area contributed by atoms with Crippen LogP contribution < -0.4 is 5.73 Å². The van der Waals surface area contributed by atoms with Crippen molar-refractivity contribution in [2.24, 2.45) is 5.73 Å². The highest BCUT2D eigenvalue weighted by Crippen LogP contribution is 2.25. The van der Waals surface area contributed by atoms with Gasteiger partial charge in [-0.25, -0.2) is 28.3 Å². The van der Waals surface area contributed by atoms with Gasteiger partial charge in [-0.1, -0.05) is 47.5 Å². The average Bonchev–Trinajstić information content (AvgIpc) is 3.79. The van der Waals surface area contributed by atoms with E-state index in [1.807, 2.05) is 29.9 Å². The lowest BCUT2D eigenvalue weighted by Gasteiger charge is -2.19. The normalized spacial score (nSPS) is 11.6. The zero-order valence-corrected chi connectivity index (χ0v) is 37.2. The number of esters is 3. The molecular weight excluding hydrogens is 900 g/mol. The fraction of sp³-hybridized carbons (Fsp3) is 0.261. The number of alkyl halides is 3. The van der Waals surface area contributed by atoms with Crippen molar-refractivity contribution in [2.45, 2.75) is 58.5 Å². The molecule has 2 N–H and O–H groups in total. The number of rotatable bonds is 12. The van der Waals surface area contributed by atoms with Gasteiger partial charge in [0.1, 0.15) is 28.9 Å². The Labute approximate surface area is 380 Å². The number of hydrogen-bond acceptors (Lipinski definition) is 10. The van der Waals surface area contributed by atoms with Gasteiger partial charge in [-0.05, 0) is 100 Å². The molecule has 2 aromatic heterocycles. The van der Waals surface area contributed by atoms with Gasteiger partial charge in [-0.3, -0.25) is 9.59 Å². The van der Waals surface area contributed by atoms with Crippen LogP contribution in [0.1, 0.15) is 77.1 Å². The summed E-state index contributed by atoms with van der Waals surface area (Å²) in [5, 5.41) is 0.0936. The van der Waals surface area contributed by atoms with Gasteiger partial charge in [0.2, 0.25) is 6.29 Å². The second-order valence-electron chi connectivity index (χ2n) is 14.7. The Hall–Kier alpha value is -6.43. The van der Waals surface area contributed by atoms with E-state index in [0.717, 1.165) is 11.0 Å². The Bertz CT molecular complexity index is 2730. The minimum absolute atomic E-state index is 0.0331. The van der Waals surface area contributed by atoms with E-state index in [9.17, 15) is 36.3 Å². The Morgan fingerprint density at radius 1 is 0.708 bits per heavy atom. The first-order valence-corrected chi connectivity index (χ1v) is 20.3. The topological polar surface area (TPSA) is 158 Å². The maximum absolute atomic E-state index is 14.3. The van der Waals surface area contributed by atoms with E-state index < -0.39 is 41.6 Å². The molecule has 0 atom stereocenters. The number of aromatic nitrogens is 4. The number of halogens is 7. The van der Waals surface area contributed by atoms with Crippen molar-refractivity contribution in [3.63, 3.8) is 0 Å². The molecule has 0 aliphatic rings. The van der Waals surface area contributed by atoms with Crippen LogP contribution in [0.2, 0.25) is 10.0 Å². The first-order valence-electron chi connectivity index (χ1n) is 19.6. The predicted molar refractivity (Wildman–Crippen MR) is 239 cm³/mol. The summed E-state index contributed by atoms with van der Waals surface area (Å²) in [6, 6.07) is 19.8. The van der Waals surface area contributed by atoms with Gasteiger partial charge in [0.15, 0.2) is 0 Å². The van der Waals surface area contributed by atoms with E-state index in [0.29, 0.717) is 71.0 Å². The summed E-state index contributed by atoms with van der Waals surface area (Å²) in [6.07, 6.45) is 1.63. The first-order chi connectivity index (χ1) is 30.7. The Balaban J connectivity index is 0.000000258. The van der Waals surface area contributed by atoms with Gasteiger partial charge in [0, 0.05) is 37.2 Å². The van der Waals surface area contributed by atoms with Crippen molar-refractivity contribution < 1.29 is 55.3 Å². The molecule has 0 aliphatic heterocycles. The van der Waals surface area contributed by atoms with Crippen LogP contribution in [0, 0.1) is 11.6 Å². The number of nitrogens with two attached hydrogens (primary N) is 1. The van der Waals surface area contributed by atoms with Crippen LogP contribution in [0.25, 0.3) is 46.4 Å². The molecule has 0 bridgehead atoms. The van der Waals surface area contributed by atoms with E-state index in [-0.39, 0.29) is 22.4 Å². The quantitative estimate of drug-likeness (QED) is 0.0542. The number of nitrogens with zero attached hydrogens (tertiary/aromatic N) is 4. The third-order valence-corrected chi connectivity index (χ3v) is 9.44. The third-order valence-electron chi connectivity index (χ3n) is 8.85. The number of methoxy groups -OCH3 is 2. The van der Waals surface area contributed by atoms with Crippen LogP contribution in [0.5, 0.6) is 0 Å². The summed E-state index contributed by atoms with van der Waals surface area (Å²) in [6.45, 7) is 6.90. The summed E-state index contributed by atoms with van der Waals surface area (Å²) in [5.74, 6) is -1.02. The molecular formula is C46H44Cl2F5N5O7. The number of ether oxygens (including phenoxy) is 3. The number of benzene rings is 4. The van der Waals surface area contributed by atoms with Crippen LogP contribution >= 0.6 is 23.2 Å². The van der Waals surface area contributed by atoms with E-state index >= 15 is 0 Å². The number of aryl methyl sites for hydroxylation is 1. The zero-order valence-electron chi connectivity index (χ0n) is 35.7. The van der Waals surface area contributed by atoms with E-state index in [2.05, 4.69) is 9.97 Å². The molecule has 6 rings (SSSR count). The molecule has 6 aromatic rings. The smallest absolute Gasteiger partial charge is 0.446 e. The molecule has 0 fully saturated rings. The minimum atomic E-state index is -4.64. The summed E-state index contributed by atoms with van der Waals surface area (Å²) in [7, 11) is 2.64. The van der Waals surface area contributed by atoms with Gasteiger partial charge in [0.25, 0.3) is 0 Å². The molecule has 344 valence electrons. The van der Waals surface area contributed by atoms with Crippen LogP contribution in [0.3, 0.4) is 0 Å². The Morgan fingerprint density at radius 3 is 1.52 bits per heavy atom. The molecule has 0 saturated carbocycles. The number of fused-ring (bicyclic) bond motifs is 2. The number of imidazole rings is 2. The van der Waals surface area contributed by atoms with Crippen molar-refractivity contribution >= 4 is 93.8 Å². The lowest BCUT2D eigenvalue weighted by molar-refractivity contribution is -0.156. The molecule has 19 heteroatoms. The third kappa shape index (κ3) is 14.5. The lowest BCUT2D eigenvalue weighted by atomic mass is 10.2. The van der Waals surface area contributed by atoms with Crippen molar-refractivity contribution in [3.05, 3.63) is 128 Å². The van der Waals surface area contributed by atoms with Gasteiger partial charge >= 0.3 is 24.1 Å². The van der Waals surface area contributed by atoms with Crippen molar-refractivity contribution in [2.75, 3.05) is 20.8 Å². The highest BCUT2D eigenvalue weighted by atomic mass is 35.5. The Kier molecular flexibility index (Phi) is 18.1. The molecule has 12 nitrogen and oxygen atoms in total. The number of hydrogen-bond donors (Lipinski definition) is 1. The molecule has 4 aromatic carbocycles. The monoisotopic (exact) mass is 943 g/mol. The van der Waals surface area contributed by atoms with Crippen LogP contribution in [-0.2, 0) is 36.9 Å². The molecule has 0 amide bonds. The average molecular weight is 945 g/mol. The fourth-order valence-electron chi connectivity index (χ4n) is 6.04. The second-order valence-corrected chi connectivity index (χ2v) is 15.5. The van der Waals surface area contributed by atoms with Gasteiger partial charge < -0.3 is 29.1 Å². The molecule has 0 radical (unpaired) electrons. The highest BCUT2D eigenvalue weighted by molar-refractivity contribution is 6.31. The molecule has 2 heterocycles. The van der Waals surface area contributed by atoms with E-state index in [1.54, 1.807) is 85.0 Å². The number of carbonyl (C=O) groups is 4. The summed E-state index contributed by atoms with van der Waals surface area (Å²) in [4.78, 5) is 53.6. The van der Waals surface area contributed by atoms with Crippen molar-refractivity contribution in [1.82, 2.24) is 19.1 Å². The summed E-state index contributed by atoms with van der Waals surface area (Å²) in [5.41, 5.74) is 9.45. The SMILES string of the molecule is COC(=O)c1ccc2c(c1)nc(/C=C/c1cccc(Cl)c1F)n2CCCC(=O)OC(C)(C)C.COC(=O)c1ccc2c(c1)nc(/C=C/c1cccc(Cl)c1F)n2CCN.O=CC(F)(F)F. The summed E-state index contributed by atoms with van der Waals surface area (Å²) < 4.78 is 78.3. The highest BCUT2D eigenvalue weighted by Gasteiger charge is 2.25. The maximum Gasteiger partial charge on any atom is 0.446 e. The van der Waals surface area contributed by atoms with Gasteiger partial charge in [0.05, 0.1) is 57.5 Å². The number of aldehydes is 1. The molecule has 65 heavy (non-hydrogen) atoms. The van der Waals surface area contributed by atoms with Crippen molar-refractivity contribution in [1.29, 1.82) is 0 Å². The minimum Gasteiger partial charge on any atom is -0.465 e. The molecule has 0 spiro atoms. The lowest BCUT2D eigenvalue weighted by Crippen LogP contribution is -2.23. The van der Waals surface area contributed by atoms with E-state index in [4.69, 9.17) is 47.9 Å². The van der Waals surface area contributed by atoms with E-state index in [1.165, 1.54) is 26.4 Å². The largest absolute Gasteiger partial charge is 0.465 e. The second kappa shape index (κ2) is 23.0. The standard InChI is InChI=1S/C25H26ClFN2O4.C19H17ClFN3O2.C2HF3O/c1-25(2,3)33-22(30)9-6-14-29-20-12-10-17(24(31)32-4)15-19(20)28-21(29)13-11-16-7-5-8-18(26)23(16)27;1-26-19(25)13-5-7-16-15(11-13)23-17(24(16)10-9-22)8-6-12-3-2-4-14(20)18(12)21;3-2(4,5)1-6/h5,7-8,10-13,15H,6,9,14H2,1-4H3;2-8,11H,9-10,22H2,1H3;1H/b13-11+;8-6+;. The fourth-order valence-corrected chi connectivity index (χ4v) is 6.40. The summed E-state index contributed by atoms with van der Waals surface area (Å²) >= 11 is 11.7. The first kappa shape index (κ1) is 51.2. The number of carbonyl (C=O) groups excluding carboxylic acids is 4. The molecule has 0 aliphatic carbocycles. The zero-order chi connectivity index (χ0) is 48.1. The van der Waals surface area contributed by atoms with Crippen molar-refractivity contribution in [3.8, 4) is 0 Å². The molecule has 0 unspecified atom stereocenters.